The van der Waals surface area contributed by atoms with Gasteiger partial charge in [0.1, 0.15) is 23.7 Å². The number of allylic oxidation sites excluding steroid dienone is 2. The number of hydrogen-bond acceptors (Lipinski definition) is 10. The van der Waals surface area contributed by atoms with Gasteiger partial charge in [0.2, 0.25) is 21.8 Å². The molecule has 1 unspecified atom stereocenters. The van der Waals surface area contributed by atoms with Crippen molar-refractivity contribution >= 4 is 39.6 Å². The number of sulfonamides is 1. The maximum atomic E-state index is 14.4. The van der Waals surface area contributed by atoms with Crippen molar-refractivity contribution in [2.24, 2.45) is 11.3 Å². The van der Waals surface area contributed by atoms with E-state index in [9.17, 15) is 36.8 Å². The number of rotatable bonds is 6. The molecule has 14 nitrogen and oxygen atoms in total. The number of benzene rings is 1. The third-order valence-corrected chi connectivity index (χ3v) is 12.6. The molecule has 5 atom stereocenters. The molecule has 0 spiro atoms. The van der Waals surface area contributed by atoms with Crippen LogP contribution in [0.4, 0.5) is 9.18 Å². The first kappa shape index (κ1) is 35.7. The summed E-state index contributed by atoms with van der Waals surface area (Å²) in [6.07, 6.45) is 10.0. The quantitative estimate of drug-likeness (QED) is 0.418. The minimum absolute atomic E-state index is 0.00531. The van der Waals surface area contributed by atoms with Gasteiger partial charge in [-0.15, -0.1) is 0 Å². The molecule has 0 radical (unpaired) electrons. The molecule has 1 aromatic heterocycles. The normalized spacial score (nSPS) is 28.4. The summed E-state index contributed by atoms with van der Waals surface area (Å²) in [4.78, 5) is 79.5. The van der Waals surface area contributed by atoms with Crippen molar-refractivity contribution in [3.63, 3.8) is 0 Å². The molecule has 4 heterocycles. The van der Waals surface area contributed by atoms with Gasteiger partial charge in [-0.05, 0) is 56.1 Å². The predicted octanol–water partition coefficient (Wildman–Crippen LogP) is 2.93. The number of aromatic nitrogens is 2. The van der Waals surface area contributed by atoms with Crippen molar-refractivity contribution in [2.45, 2.75) is 101 Å². The first-order valence-corrected chi connectivity index (χ1v) is 19.3. The lowest BCUT2D eigenvalue weighted by Crippen LogP contribution is -2.52. The predicted molar refractivity (Wildman–Crippen MR) is 182 cm³/mol. The Morgan fingerprint density at radius 1 is 1.04 bits per heavy atom. The number of fused-ring (bicyclic) bond motifs is 3. The van der Waals surface area contributed by atoms with Gasteiger partial charge >= 0.3 is 6.09 Å². The molecule has 7 rings (SSSR count). The zero-order valence-corrected chi connectivity index (χ0v) is 29.4. The summed E-state index contributed by atoms with van der Waals surface area (Å²) in [7, 11) is -3.89. The van der Waals surface area contributed by atoms with Crippen molar-refractivity contribution in [1.82, 2.24) is 29.8 Å². The van der Waals surface area contributed by atoms with Crippen LogP contribution < -0.4 is 10.0 Å². The summed E-state index contributed by atoms with van der Waals surface area (Å²) in [5, 5.41) is 2.13. The standard InChI is InChI=1S/C36H41FN6O8S/c37-27-9-6-7-22-19-42(21-26(22)27)35(48)51-24-15-30-31(44)17-36(34(47)41-52(49,50)25-11-12-25)16-23(36)8-4-2-1-3-5-10-28(33(46)43(30)20-24)40-32(45)29-18-38-13-14-39-29/h4,6-9,13-14,18,23-25,28,30H,1-3,5,10-12,15-17,19-21H2,(H,40,45)(H,41,47)/b8-4-/t23-,24-,28+,30?,36-/m1/s1. The second-order valence-electron chi connectivity index (χ2n) is 14.4. The molecular formula is C36H41FN6O8S. The number of halogens is 1. The highest BCUT2D eigenvalue weighted by atomic mass is 32.2. The van der Waals surface area contributed by atoms with Crippen molar-refractivity contribution in [3.8, 4) is 0 Å². The van der Waals surface area contributed by atoms with Gasteiger partial charge in [-0.3, -0.25) is 33.8 Å². The Kier molecular flexibility index (Phi) is 9.85. The number of hydrogen-bond donors (Lipinski definition) is 2. The summed E-state index contributed by atoms with van der Waals surface area (Å²) < 4.78 is 48.1. The molecule has 0 bridgehead atoms. The Morgan fingerprint density at radius 3 is 2.62 bits per heavy atom. The fraction of sp³-hybridized carbons (Fsp3) is 0.528. The van der Waals surface area contributed by atoms with E-state index < -0.39 is 74.3 Å². The Labute approximate surface area is 300 Å². The Bertz CT molecular complexity index is 1910. The first-order valence-electron chi connectivity index (χ1n) is 17.8. The van der Waals surface area contributed by atoms with E-state index in [1.807, 2.05) is 12.2 Å². The lowest BCUT2D eigenvalue weighted by atomic mass is 9.91. The van der Waals surface area contributed by atoms with Crippen LogP contribution in [0.5, 0.6) is 0 Å². The van der Waals surface area contributed by atoms with Crippen LogP contribution in [-0.2, 0) is 42.2 Å². The van der Waals surface area contributed by atoms with Gasteiger partial charge in [0, 0.05) is 37.3 Å². The Balaban J connectivity index is 1.14. The maximum Gasteiger partial charge on any atom is 0.410 e. The largest absolute Gasteiger partial charge is 0.444 e. The van der Waals surface area contributed by atoms with Gasteiger partial charge in [0.05, 0.1) is 36.0 Å². The van der Waals surface area contributed by atoms with Gasteiger partial charge < -0.3 is 15.0 Å². The van der Waals surface area contributed by atoms with Crippen LogP contribution in [0.15, 0.2) is 48.9 Å². The molecule has 2 N–H and O–H groups in total. The Morgan fingerprint density at radius 2 is 1.87 bits per heavy atom. The van der Waals surface area contributed by atoms with Crippen molar-refractivity contribution in [2.75, 3.05) is 6.54 Å². The minimum Gasteiger partial charge on any atom is -0.444 e. The number of carbonyl (C=O) groups excluding carboxylic acids is 5. The summed E-state index contributed by atoms with van der Waals surface area (Å²) in [5.74, 6) is -3.19. The number of ether oxygens (including phenoxy) is 1. The number of ketones is 1. The second kappa shape index (κ2) is 14.4. The smallest absolute Gasteiger partial charge is 0.410 e. The molecule has 1 saturated heterocycles. The van der Waals surface area contributed by atoms with Crippen molar-refractivity contribution < 1.29 is 41.5 Å². The van der Waals surface area contributed by atoms with Crippen LogP contribution in [-0.4, -0.2) is 87.8 Å². The van der Waals surface area contributed by atoms with Gasteiger partial charge in [0.15, 0.2) is 5.78 Å². The third-order valence-electron chi connectivity index (χ3n) is 10.8. The number of amides is 4. The number of carbonyl (C=O) groups is 5. The van der Waals surface area contributed by atoms with E-state index in [-0.39, 0.29) is 56.9 Å². The van der Waals surface area contributed by atoms with Gasteiger partial charge in [-0.2, -0.15) is 0 Å². The molecule has 2 aromatic rings. The average molecular weight is 737 g/mol. The third kappa shape index (κ3) is 7.43. The van der Waals surface area contributed by atoms with Crippen LogP contribution in [0.2, 0.25) is 0 Å². The van der Waals surface area contributed by atoms with E-state index in [4.69, 9.17) is 4.74 Å². The molecule has 4 amide bonds. The fourth-order valence-corrected chi connectivity index (χ4v) is 8.95. The van der Waals surface area contributed by atoms with Gasteiger partial charge in [0.25, 0.3) is 5.91 Å². The van der Waals surface area contributed by atoms with E-state index in [2.05, 4.69) is 20.0 Å². The molecule has 3 aliphatic heterocycles. The van der Waals surface area contributed by atoms with Gasteiger partial charge in [-0.1, -0.05) is 37.1 Å². The maximum absolute atomic E-state index is 14.4. The molecule has 2 aliphatic carbocycles. The Hall–Kier alpha value is -4.73. The molecule has 3 fully saturated rings. The van der Waals surface area contributed by atoms with Crippen LogP contribution in [0.3, 0.4) is 0 Å². The highest BCUT2D eigenvalue weighted by molar-refractivity contribution is 7.90. The van der Waals surface area contributed by atoms with Gasteiger partial charge in [-0.25, -0.2) is 22.6 Å². The van der Waals surface area contributed by atoms with Crippen LogP contribution in [0.25, 0.3) is 0 Å². The highest BCUT2D eigenvalue weighted by Gasteiger charge is 2.61. The zero-order valence-electron chi connectivity index (χ0n) is 28.5. The molecule has 16 heteroatoms. The molecule has 52 heavy (non-hydrogen) atoms. The molecular weight excluding hydrogens is 695 g/mol. The van der Waals surface area contributed by atoms with E-state index in [0.717, 1.165) is 12.8 Å². The fourth-order valence-electron chi connectivity index (χ4n) is 7.56. The summed E-state index contributed by atoms with van der Waals surface area (Å²) in [6, 6.07) is 2.44. The van der Waals surface area contributed by atoms with Crippen molar-refractivity contribution in [3.05, 3.63) is 71.6 Å². The topological polar surface area (TPSA) is 185 Å². The molecule has 276 valence electrons. The second-order valence-corrected chi connectivity index (χ2v) is 16.4. The molecule has 5 aliphatic rings. The number of nitrogens with zero attached hydrogens (tertiary/aromatic N) is 4. The molecule has 1 aromatic carbocycles. The number of Topliss-reactive ketones (excluding diaryl/α,β-unsaturated/α-hetero) is 1. The van der Waals surface area contributed by atoms with E-state index in [1.54, 1.807) is 12.1 Å². The average Bonchev–Trinajstić information content (AvgIpc) is 4.01. The lowest BCUT2D eigenvalue weighted by molar-refractivity contribution is -0.140. The van der Waals surface area contributed by atoms with Crippen molar-refractivity contribution in [1.29, 1.82) is 0 Å². The monoisotopic (exact) mass is 736 g/mol. The minimum atomic E-state index is -3.89. The molecule has 2 saturated carbocycles. The summed E-state index contributed by atoms with van der Waals surface area (Å²) >= 11 is 0. The lowest BCUT2D eigenvalue weighted by Gasteiger charge is -2.29. The zero-order chi connectivity index (χ0) is 36.6. The summed E-state index contributed by atoms with van der Waals surface area (Å²) in [6.45, 7) is -0.0198. The van der Waals surface area contributed by atoms with Crippen LogP contribution in [0, 0.1) is 17.2 Å². The first-order chi connectivity index (χ1) is 24.9. The summed E-state index contributed by atoms with van der Waals surface area (Å²) in [5.41, 5.74) is -0.257. The van der Waals surface area contributed by atoms with E-state index in [1.165, 1.54) is 34.5 Å². The van der Waals surface area contributed by atoms with E-state index >= 15 is 0 Å². The van der Waals surface area contributed by atoms with E-state index in [0.29, 0.717) is 36.8 Å². The number of nitrogens with one attached hydrogen (secondary N) is 2. The SMILES string of the molecule is O=C(N[C@H]1CCCCC/C=C\[C@@H]2C[C@@]2(C(=O)NS(=O)(=O)C2CC2)CC(=O)C2C[C@@H](OC(=O)N3Cc4cccc(F)c4C3)CN2C1=O)c1cnccn1. The van der Waals surface area contributed by atoms with Crippen LogP contribution in [0.1, 0.15) is 85.8 Å². The highest BCUT2D eigenvalue weighted by Crippen LogP contribution is 2.57. The van der Waals surface area contributed by atoms with Crippen LogP contribution >= 0.6 is 0 Å².